The Morgan fingerprint density at radius 1 is 1.34 bits per heavy atom. The predicted octanol–water partition coefficient (Wildman–Crippen LogP) is 3.75. The summed E-state index contributed by atoms with van der Waals surface area (Å²) in [6.45, 7) is 2.56. The number of fused-ring (bicyclic) bond motifs is 4. The summed E-state index contributed by atoms with van der Waals surface area (Å²) in [4.78, 5) is 28.4. The van der Waals surface area contributed by atoms with Crippen LogP contribution in [-0.2, 0) is 22.4 Å². The summed E-state index contributed by atoms with van der Waals surface area (Å²) >= 11 is 1.68. The van der Waals surface area contributed by atoms with Gasteiger partial charge in [0.2, 0.25) is 5.91 Å². The highest BCUT2D eigenvalue weighted by Crippen LogP contribution is 2.41. The topological polar surface area (TPSA) is 87.9 Å². The van der Waals surface area contributed by atoms with Crippen LogP contribution >= 0.6 is 11.3 Å². The highest BCUT2D eigenvalue weighted by molar-refractivity contribution is 7.19. The number of carbonyl (C=O) groups excluding carboxylic acids is 1. The predicted molar refractivity (Wildman–Crippen MR) is 140 cm³/mol. The molecule has 5 rings (SSSR count). The van der Waals surface area contributed by atoms with Gasteiger partial charge < -0.3 is 19.9 Å². The van der Waals surface area contributed by atoms with Gasteiger partial charge in [0.25, 0.3) is 0 Å². The minimum absolute atomic E-state index is 0.0196. The van der Waals surface area contributed by atoms with Crippen molar-refractivity contribution >= 4 is 50.2 Å². The molecule has 0 bridgehead atoms. The van der Waals surface area contributed by atoms with Crippen LogP contribution in [0.25, 0.3) is 15.7 Å². The van der Waals surface area contributed by atoms with E-state index in [9.17, 15) is 4.79 Å². The van der Waals surface area contributed by atoms with Crippen molar-refractivity contribution in [2.45, 2.75) is 32.2 Å². The van der Waals surface area contributed by atoms with E-state index < -0.39 is 0 Å². The minimum Gasteiger partial charge on any atom is -0.383 e. The lowest BCUT2D eigenvalue weighted by molar-refractivity contribution is -0.137. The fourth-order valence-corrected chi connectivity index (χ4v) is 6.08. The van der Waals surface area contributed by atoms with Crippen LogP contribution in [0.4, 0.5) is 17.2 Å². The smallest absolute Gasteiger partial charge is 0.226 e. The number of pyridine rings is 1. The SMILES string of the molecule is COC[C@H](C)N(C)C(=O)[C@H]1CCc2c(sc3ncnc(Nc4cc5ccnn5cc4N(C)C)c23)C1. The molecule has 0 saturated carbocycles. The van der Waals surface area contributed by atoms with E-state index in [1.165, 1.54) is 10.4 Å². The molecular formula is C25H31N7O2S. The molecule has 0 unspecified atom stereocenters. The average molecular weight is 494 g/mol. The van der Waals surface area contributed by atoms with Gasteiger partial charge in [0.1, 0.15) is 17.0 Å². The number of anilines is 3. The third kappa shape index (κ3) is 4.32. The van der Waals surface area contributed by atoms with E-state index in [0.29, 0.717) is 6.61 Å². The normalized spacial score (nSPS) is 16.3. The van der Waals surface area contributed by atoms with Crippen molar-refractivity contribution in [3.8, 4) is 0 Å². The summed E-state index contributed by atoms with van der Waals surface area (Å²) in [7, 11) is 7.57. The number of nitrogens with zero attached hydrogens (tertiary/aromatic N) is 6. The van der Waals surface area contributed by atoms with Gasteiger partial charge in [0.05, 0.1) is 41.1 Å². The number of methoxy groups -OCH3 is 1. The summed E-state index contributed by atoms with van der Waals surface area (Å²) in [5.74, 6) is 0.968. The number of likely N-dealkylation sites (N-methyl/N-ethyl adjacent to an activating group) is 1. The molecule has 4 heterocycles. The number of hydrogen-bond acceptors (Lipinski definition) is 8. The Kier molecular flexibility index (Phi) is 6.33. The second kappa shape index (κ2) is 9.43. The number of aromatic nitrogens is 4. The van der Waals surface area contributed by atoms with E-state index in [4.69, 9.17) is 4.74 Å². The number of nitrogens with one attached hydrogen (secondary N) is 1. The molecule has 2 atom stereocenters. The van der Waals surface area contributed by atoms with Crippen molar-refractivity contribution in [3.63, 3.8) is 0 Å². The van der Waals surface area contributed by atoms with Crippen molar-refractivity contribution < 1.29 is 9.53 Å². The van der Waals surface area contributed by atoms with Crippen LogP contribution in [0, 0.1) is 5.92 Å². The number of carbonyl (C=O) groups is 1. The summed E-state index contributed by atoms with van der Waals surface area (Å²) in [5.41, 5.74) is 4.24. The second-order valence-electron chi connectivity index (χ2n) is 9.39. The molecule has 0 aliphatic heterocycles. The van der Waals surface area contributed by atoms with Crippen LogP contribution in [0.1, 0.15) is 23.8 Å². The maximum Gasteiger partial charge on any atom is 0.226 e. The average Bonchev–Trinajstić information content (AvgIpc) is 3.46. The number of amides is 1. The van der Waals surface area contributed by atoms with E-state index in [0.717, 1.165) is 52.2 Å². The zero-order chi connectivity index (χ0) is 24.7. The first-order valence-corrected chi connectivity index (χ1v) is 12.6. The standard InChI is InChI=1S/C25H31N7O2S/c1-15(13-34-5)31(4)25(33)16-6-7-18-21(10-16)35-24-22(18)23(26-14-27-24)29-19-11-17-8-9-28-32(17)12-20(19)30(2)3/h8-9,11-12,14-16H,6-7,10,13H2,1-5H3,(H,26,27,29)/t15-,16-/m0/s1. The molecule has 0 fully saturated rings. The Bertz CT molecular complexity index is 1380. The van der Waals surface area contributed by atoms with Gasteiger partial charge in [0.15, 0.2) is 0 Å². The van der Waals surface area contributed by atoms with Gasteiger partial charge in [-0.05, 0) is 43.9 Å². The van der Waals surface area contributed by atoms with Crippen LogP contribution in [0.2, 0.25) is 0 Å². The maximum atomic E-state index is 13.2. The first-order valence-electron chi connectivity index (χ1n) is 11.8. The van der Waals surface area contributed by atoms with Crippen molar-refractivity contribution in [1.82, 2.24) is 24.5 Å². The Morgan fingerprint density at radius 2 is 2.17 bits per heavy atom. The molecule has 35 heavy (non-hydrogen) atoms. The van der Waals surface area contributed by atoms with E-state index >= 15 is 0 Å². The van der Waals surface area contributed by atoms with Crippen LogP contribution in [0.15, 0.2) is 30.9 Å². The molecule has 9 nitrogen and oxygen atoms in total. The van der Waals surface area contributed by atoms with Crippen molar-refractivity contribution in [3.05, 3.63) is 41.3 Å². The first-order chi connectivity index (χ1) is 16.9. The number of rotatable bonds is 7. The van der Waals surface area contributed by atoms with E-state index in [-0.39, 0.29) is 17.9 Å². The van der Waals surface area contributed by atoms with Crippen molar-refractivity contribution in [2.75, 3.05) is 45.1 Å². The summed E-state index contributed by atoms with van der Waals surface area (Å²) in [6.07, 6.45) is 7.81. The fraction of sp³-hybridized carbons (Fsp3) is 0.440. The lowest BCUT2D eigenvalue weighted by Crippen LogP contribution is -2.42. The third-order valence-corrected chi connectivity index (χ3v) is 8.02. The molecule has 1 aliphatic carbocycles. The van der Waals surface area contributed by atoms with E-state index in [1.807, 2.05) is 49.7 Å². The lowest BCUT2D eigenvalue weighted by Gasteiger charge is -2.30. The van der Waals surface area contributed by atoms with Gasteiger partial charge in [-0.25, -0.2) is 14.5 Å². The molecule has 1 amide bonds. The summed E-state index contributed by atoms with van der Waals surface area (Å²) in [5, 5.41) is 9.01. The Balaban J connectivity index is 1.47. The highest BCUT2D eigenvalue weighted by atomic mass is 32.1. The monoisotopic (exact) mass is 493 g/mol. The maximum absolute atomic E-state index is 13.2. The molecule has 0 saturated heterocycles. The van der Waals surface area contributed by atoms with E-state index in [1.54, 1.807) is 31.0 Å². The highest BCUT2D eigenvalue weighted by Gasteiger charge is 2.32. The molecule has 4 aromatic heterocycles. The van der Waals surface area contributed by atoms with Crippen molar-refractivity contribution in [1.29, 1.82) is 0 Å². The van der Waals surface area contributed by atoms with Gasteiger partial charge in [0, 0.05) is 45.2 Å². The Hall–Kier alpha value is -3.24. The first kappa shape index (κ1) is 23.5. The zero-order valence-electron chi connectivity index (χ0n) is 20.8. The molecule has 0 aromatic carbocycles. The lowest BCUT2D eigenvalue weighted by atomic mass is 9.86. The number of thiophene rings is 1. The quantitative estimate of drug-likeness (QED) is 0.420. The van der Waals surface area contributed by atoms with Crippen LogP contribution in [0.5, 0.6) is 0 Å². The molecule has 4 aromatic rings. The van der Waals surface area contributed by atoms with Gasteiger partial charge in [-0.15, -0.1) is 11.3 Å². The van der Waals surface area contributed by atoms with Gasteiger partial charge in [-0.2, -0.15) is 5.10 Å². The minimum atomic E-state index is -0.0196. The van der Waals surface area contributed by atoms with Crippen LogP contribution < -0.4 is 10.2 Å². The van der Waals surface area contributed by atoms with Crippen LogP contribution in [0.3, 0.4) is 0 Å². The summed E-state index contributed by atoms with van der Waals surface area (Å²) in [6, 6.07) is 4.12. The largest absolute Gasteiger partial charge is 0.383 e. The van der Waals surface area contributed by atoms with Crippen molar-refractivity contribution in [2.24, 2.45) is 5.92 Å². The number of hydrogen-bond donors (Lipinski definition) is 1. The van der Waals surface area contributed by atoms with Gasteiger partial charge in [-0.3, -0.25) is 4.79 Å². The zero-order valence-corrected chi connectivity index (χ0v) is 21.6. The number of ether oxygens (including phenoxy) is 1. The molecule has 184 valence electrons. The van der Waals surface area contributed by atoms with E-state index in [2.05, 4.69) is 31.3 Å². The molecule has 1 N–H and O–H groups in total. The molecule has 0 spiro atoms. The Labute approximate surface area is 208 Å². The van der Waals surface area contributed by atoms with Gasteiger partial charge >= 0.3 is 0 Å². The van der Waals surface area contributed by atoms with Crippen LogP contribution in [-0.4, -0.2) is 71.3 Å². The Morgan fingerprint density at radius 3 is 2.94 bits per heavy atom. The second-order valence-corrected chi connectivity index (χ2v) is 10.5. The molecule has 10 heteroatoms. The summed E-state index contributed by atoms with van der Waals surface area (Å²) < 4.78 is 7.11. The molecule has 0 radical (unpaired) electrons. The molecular weight excluding hydrogens is 462 g/mol. The molecule has 1 aliphatic rings. The fourth-order valence-electron chi connectivity index (χ4n) is 4.81. The number of aryl methyl sites for hydroxylation is 1. The third-order valence-electron chi connectivity index (χ3n) is 6.86. The van der Waals surface area contributed by atoms with Gasteiger partial charge in [-0.1, -0.05) is 0 Å².